The van der Waals surface area contributed by atoms with Crippen LogP contribution in [-0.2, 0) is 9.59 Å². The minimum Gasteiger partial charge on any atom is -0.480 e. The van der Waals surface area contributed by atoms with Gasteiger partial charge in [-0.2, -0.15) is 0 Å². The van der Waals surface area contributed by atoms with E-state index in [0.29, 0.717) is 19.3 Å². The number of carbonyl (C=O) groups excluding carboxylic acids is 1. The lowest BCUT2D eigenvalue weighted by Crippen LogP contribution is -2.29. The molecule has 1 atom stereocenters. The normalized spacial score (nSPS) is 11.1. The van der Waals surface area contributed by atoms with Crippen LogP contribution in [0.5, 0.6) is 0 Å². The second-order valence-corrected chi connectivity index (χ2v) is 2.89. The van der Waals surface area contributed by atoms with Gasteiger partial charge < -0.3 is 15.6 Å². The second-order valence-electron chi connectivity index (χ2n) is 2.89. The van der Waals surface area contributed by atoms with Gasteiger partial charge in [0.1, 0.15) is 11.8 Å². The van der Waals surface area contributed by atoms with Crippen molar-refractivity contribution in [3.63, 3.8) is 0 Å². The second kappa shape index (κ2) is 10.2. The van der Waals surface area contributed by atoms with E-state index < -0.39 is 12.0 Å². The third-order valence-corrected chi connectivity index (χ3v) is 1.61. The SMILES string of the molecule is CC.CC(=O)CCCCC(N)C(=O)O. The van der Waals surface area contributed by atoms with Crippen LogP contribution in [0.15, 0.2) is 0 Å². The lowest BCUT2D eigenvalue weighted by atomic mass is 10.1. The summed E-state index contributed by atoms with van der Waals surface area (Å²) in [6.07, 6.45) is 2.40. The van der Waals surface area contributed by atoms with Gasteiger partial charge in [0.2, 0.25) is 0 Å². The maximum absolute atomic E-state index is 10.5. The molecule has 84 valence electrons. The number of ketones is 1. The number of hydrogen-bond acceptors (Lipinski definition) is 3. The highest BCUT2D eigenvalue weighted by Crippen LogP contribution is 2.02. The van der Waals surface area contributed by atoms with Crippen LogP contribution < -0.4 is 5.73 Å². The van der Waals surface area contributed by atoms with Crippen molar-refractivity contribution in [3.05, 3.63) is 0 Å². The molecule has 0 fully saturated rings. The van der Waals surface area contributed by atoms with Crippen molar-refractivity contribution < 1.29 is 14.7 Å². The van der Waals surface area contributed by atoms with Crippen LogP contribution in [0.2, 0.25) is 0 Å². The van der Waals surface area contributed by atoms with Crippen molar-refractivity contribution in [1.29, 1.82) is 0 Å². The number of aliphatic carboxylic acids is 1. The minimum atomic E-state index is -0.974. The molecule has 0 radical (unpaired) electrons. The molecular weight excluding hydrogens is 182 g/mol. The number of hydrogen-bond donors (Lipinski definition) is 2. The number of unbranched alkanes of at least 4 members (excludes halogenated alkanes) is 1. The van der Waals surface area contributed by atoms with Crippen LogP contribution in [0.3, 0.4) is 0 Å². The summed E-state index contributed by atoms with van der Waals surface area (Å²) in [6, 6.07) is -0.781. The highest BCUT2D eigenvalue weighted by Gasteiger charge is 2.09. The van der Waals surface area contributed by atoms with Gasteiger partial charge in [-0.15, -0.1) is 0 Å². The van der Waals surface area contributed by atoms with E-state index in [1.54, 1.807) is 0 Å². The number of Topliss-reactive ketones (excluding diaryl/α,β-unsaturated/α-hetero) is 1. The van der Waals surface area contributed by atoms with Crippen LogP contribution in [-0.4, -0.2) is 22.9 Å². The molecule has 0 aromatic heterocycles. The largest absolute Gasteiger partial charge is 0.480 e. The van der Waals surface area contributed by atoms with Crippen LogP contribution in [0.4, 0.5) is 0 Å². The number of nitrogens with two attached hydrogens (primary N) is 1. The maximum Gasteiger partial charge on any atom is 0.320 e. The monoisotopic (exact) mass is 203 g/mol. The molecule has 0 saturated carbocycles. The number of carboxylic acids is 1. The first-order valence-corrected chi connectivity index (χ1v) is 5.02. The average Bonchev–Trinajstić information content (AvgIpc) is 2.15. The van der Waals surface area contributed by atoms with E-state index in [9.17, 15) is 9.59 Å². The highest BCUT2D eigenvalue weighted by molar-refractivity contribution is 5.75. The Morgan fingerprint density at radius 1 is 1.29 bits per heavy atom. The van der Waals surface area contributed by atoms with Crippen molar-refractivity contribution in [2.24, 2.45) is 5.73 Å². The molecule has 0 saturated heterocycles. The van der Waals surface area contributed by atoms with E-state index in [4.69, 9.17) is 10.8 Å². The van der Waals surface area contributed by atoms with E-state index in [1.165, 1.54) is 6.92 Å². The van der Waals surface area contributed by atoms with Crippen molar-refractivity contribution in [2.75, 3.05) is 0 Å². The Bertz CT molecular complexity index is 169. The van der Waals surface area contributed by atoms with Gasteiger partial charge in [-0.25, -0.2) is 0 Å². The average molecular weight is 203 g/mol. The number of carbonyl (C=O) groups is 2. The molecule has 0 aromatic rings. The summed E-state index contributed by atoms with van der Waals surface area (Å²) >= 11 is 0. The maximum atomic E-state index is 10.5. The predicted molar refractivity (Wildman–Crippen MR) is 56.1 cm³/mol. The summed E-state index contributed by atoms with van der Waals surface area (Å²) in [5.74, 6) is -0.836. The molecule has 0 aromatic carbocycles. The molecule has 3 N–H and O–H groups in total. The minimum absolute atomic E-state index is 0.138. The Labute approximate surface area is 85.5 Å². The zero-order valence-electron chi connectivity index (χ0n) is 9.25. The number of carboxylic acid groups (broad SMARTS) is 1. The van der Waals surface area contributed by atoms with Gasteiger partial charge in [-0.3, -0.25) is 4.79 Å². The van der Waals surface area contributed by atoms with E-state index >= 15 is 0 Å². The Kier molecular flexibility index (Phi) is 11.3. The van der Waals surface area contributed by atoms with E-state index in [1.807, 2.05) is 13.8 Å². The topological polar surface area (TPSA) is 80.4 Å². The molecular formula is C10H21NO3. The van der Waals surface area contributed by atoms with Gasteiger partial charge >= 0.3 is 5.97 Å². The van der Waals surface area contributed by atoms with Crippen LogP contribution in [0, 0.1) is 0 Å². The molecule has 14 heavy (non-hydrogen) atoms. The van der Waals surface area contributed by atoms with Gasteiger partial charge in [0, 0.05) is 6.42 Å². The smallest absolute Gasteiger partial charge is 0.320 e. The third-order valence-electron chi connectivity index (χ3n) is 1.61. The van der Waals surface area contributed by atoms with Crippen molar-refractivity contribution >= 4 is 11.8 Å². The fourth-order valence-electron chi connectivity index (χ4n) is 0.862. The molecule has 4 nitrogen and oxygen atoms in total. The summed E-state index contributed by atoms with van der Waals surface area (Å²) in [7, 11) is 0. The summed E-state index contributed by atoms with van der Waals surface area (Å²) < 4.78 is 0. The fourth-order valence-corrected chi connectivity index (χ4v) is 0.862. The lowest BCUT2D eigenvalue weighted by Gasteiger charge is -2.04. The van der Waals surface area contributed by atoms with Gasteiger partial charge in [-0.05, 0) is 19.8 Å². The van der Waals surface area contributed by atoms with Gasteiger partial charge in [0.05, 0.1) is 0 Å². The standard InChI is InChI=1S/C8H15NO3.C2H6/c1-6(10)4-2-3-5-7(9)8(11)12;1-2/h7H,2-5,9H2,1H3,(H,11,12);1-2H3. The molecule has 0 rings (SSSR count). The molecule has 1 unspecified atom stereocenters. The highest BCUT2D eigenvalue weighted by atomic mass is 16.4. The van der Waals surface area contributed by atoms with Crippen molar-refractivity contribution in [3.8, 4) is 0 Å². The van der Waals surface area contributed by atoms with Crippen molar-refractivity contribution in [2.45, 2.75) is 52.5 Å². The molecule has 0 amide bonds. The zero-order valence-corrected chi connectivity index (χ0v) is 9.25. The Morgan fingerprint density at radius 3 is 2.14 bits per heavy atom. The summed E-state index contributed by atoms with van der Waals surface area (Å²) in [4.78, 5) is 20.7. The molecule has 0 spiro atoms. The van der Waals surface area contributed by atoms with E-state index in [2.05, 4.69) is 0 Å². The van der Waals surface area contributed by atoms with Crippen LogP contribution >= 0.6 is 0 Å². The van der Waals surface area contributed by atoms with E-state index in [0.717, 1.165) is 6.42 Å². The molecule has 0 heterocycles. The van der Waals surface area contributed by atoms with Crippen molar-refractivity contribution in [1.82, 2.24) is 0 Å². The van der Waals surface area contributed by atoms with Gasteiger partial charge in [0.25, 0.3) is 0 Å². The lowest BCUT2D eigenvalue weighted by molar-refractivity contribution is -0.138. The first kappa shape index (κ1) is 15.6. The van der Waals surface area contributed by atoms with Crippen LogP contribution in [0.1, 0.15) is 46.5 Å². The molecule has 0 aliphatic carbocycles. The Morgan fingerprint density at radius 2 is 1.79 bits per heavy atom. The molecule has 0 aliphatic heterocycles. The Balaban J connectivity index is 0. The van der Waals surface area contributed by atoms with E-state index in [-0.39, 0.29) is 5.78 Å². The fraction of sp³-hybridized carbons (Fsp3) is 0.800. The van der Waals surface area contributed by atoms with Crippen LogP contribution in [0.25, 0.3) is 0 Å². The molecule has 0 bridgehead atoms. The Hall–Kier alpha value is -0.900. The van der Waals surface area contributed by atoms with Gasteiger partial charge in [0.15, 0.2) is 0 Å². The summed E-state index contributed by atoms with van der Waals surface area (Å²) in [5, 5.41) is 8.40. The first-order valence-electron chi connectivity index (χ1n) is 5.02. The predicted octanol–water partition coefficient (Wildman–Crippen LogP) is 1.57. The zero-order chi connectivity index (χ0) is 11.6. The quantitative estimate of drug-likeness (QED) is 0.642. The molecule has 4 heteroatoms. The van der Waals surface area contributed by atoms with Gasteiger partial charge in [-0.1, -0.05) is 20.3 Å². The first-order chi connectivity index (χ1) is 6.54. The molecule has 0 aliphatic rings. The summed E-state index contributed by atoms with van der Waals surface area (Å²) in [5.41, 5.74) is 5.25. The number of rotatable bonds is 6. The summed E-state index contributed by atoms with van der Waals surface area (Å²) in [6.45, 7) is 5.52. The third kappa shape index (κ3) is 11.1.